The van der Waals surface area contributed by atoms with E-state index in [1.165, 1.54) is 6.92 Å². The summed E-state index contributed by atoms with van der Waals surface area (Å²) in [6.45, 7) is 5.66. The molecule has 4 atom stereocenters. The van der Waals surface area contributed by atoms with Crippen LogP contribution in [0.25, 0.3) is 0 Å². The monoisotopic (exact) mass is 214 g/mol. The Hall–Kier alpha value is -1.26. The van der Waals surface area contributed by atoms with Crippen LogP contribution >= 0.6 is 0 Å². The Morgan fingerprint density at radius 1 is 1.40 bits per heavy atom. The molecule has 1 rings (SSSR count). The summed E-state index contributed by atoms with van der Waals surface area (Å²) in [5, 5.41) is 13.7. The van der Waals surface area contributed by atoms with Crippen molar-refractivity contribution in [3.63, 3.8) is 0 Å². The Labute approximate surface area is 89.2 Å². The Morgan fingerprint density at radius 2 is 2.00 bits per heavy atom. The van der Waals surface area contributed by atoms with Crippen LogP contribution in [0.15, 0.2) is 0 Å². The van der Waals surface area contributed by atoms with Crippen LogP contribution in [0.4, 0.5) is 4.79 Å². The first-order valence-electron chi connectivity index (χ1n) is 5.21. The molecular formula is C10H18N2O3. The van der Waals surface area contributed by atoms with E-state index in [9.17, 15) is 9.59 Å². The molecule has 5 nitrogen and oxygen atoms in total. The summed E-state index contributed by atoms with van der Waals surface area (Å²) >= 11 is 0. The molecule has 15 heavy (non-hydrogen) atoms. The van der Waals surface area contributed by atoms with Crippen LogP contribution in [0.1, 0.15) is 27.2 Å². The largest absolute Gasteiger partial charge is 0.480 e. The molecule has 0 spiro atoms. The summed E-state index contributed by atoms with van der Waals surface area (Å²) in [7, 11) is 0. The second-order valence-electron chi connectivity index (χ2n) is 4.36. The van der Waals surface area contributed by atoms with Crippen LogP contribution < -0.4 is 10.6 Å². The molecule has 1 aliphatic rings. The second kappa shape index (κ2) is 4.51. The fraction of sp³-hybridized carbons (Fsp3) is 0.800. The third kappa shape index (κ3) is 2.84. The number of rotatable bonds is 3. The van der Waals surface area contributed by atoms with E-state index in [0.717, 1.165) is 6.42 Å². The number of carbonyl (C=O) groups is 2. The molecule has 0 heterocycles. The van der Waals surface area contributed by atoms with E-state index < -0.39 is 18.0 Å². The van der Waals surface area contributed by atoms with E-state index in [-0.39, 0.29) is 6.04 Å². The van der Waals surface area contributed by atoms with Gasteiger partial charge in [-0.3, -0.25) is 4.79 Å². The van der Waals surface area contributed by atoms with Crippen LogP contribution in [-0.2, 0) is 4.79 Å². The second-order valence-corrected chi connectivity index (χ2v) is 4.36. The molecule has 1 saturated carbocycles. The molecule has 0 aromatic heterocycles. The van der Waals surface area contributed by atoms with Crippen molar-refractivity contribution in [3.8, 4) is 0 Å². The lowest BCUT2D eigenvalue weighted by Crippen LogP contribution is -2.55. The molecule has 0 aliphatic heterocycles. The van der Waals surface area contributed by atoms with E-state index >= 15 is 0 Å². The van der Waals surface area contributed by atoms with Gasteiger partial charge in [-0.2, -0.15) is 0 Å². The standard InChI is InChI=1S/C10H18N2O3/c1-5-4-8(6(5)2)12-10(15)11-7(3)9(13)14/h5-8H,4H2,1-3H3,(H,13,14)(H2,11,12,15)/t5?,6?,7-,8?/m1/s1. The Kier molecular flexibility index (Phi) is 3.55. The fourth-order valence-corrected chi connectivity index (χ4v) is 1.69. The molecule has 5 heteroatoms. The van der Waals surface area contributed by atoms with Gasteiger partial charge in [0.1, 0.15) is 6.04 Å². The molecule has 0 aromatic carbocycles. The quantitative estimate of drug-likeness (QED) is 0.650. The maximum atomic E-state index is 11.3. The molecule has 0 bridgehead atoms. The molecule has 0 aromatic rings. The predicted molar refractivity (Wildman–Crippen MR) is 55.5 cm³/mol. The van der Waals surface area contributed by atoms with Gasteiger partial charge in [-0.15, -0.1) is 0 Å². The fourth-order valence-electron chi connectivity index (χ4n) is 1.69. The molecule has 1 aliphatic carbocycles. The number of hydrogen-bond acceptors (Lipinski definition) is 2. The molecule has 3 unspecified atom stereocenters. The van der Waals surface area contributed by atoms with Gasteiger partial charge in [0.15, 0.2) is 0 Å². The summed E-state index contributed by atoms with van der Waals surface area (Å²) < 4.78 is 0. The SMILES string of the molecule is CC1CC(NC(=O)N[C@H](C)C(=O)O)C1C. The highest BCUT2D eigenvalue weighted by atomic mass is 16.4. The summed E-state index contributed by atoms with van der Waals surface area (Å²) in [6, 6.07) is -1.06. The Balaban J connectivity index is 2.28. The minimum atomic E-state index is -1.03. The number of carbonyl (C=O) groups excluding carboxylic acids is 1. The van der Waals surface area contributed by atoms with Crippen molar-refractivity contribution in [1.29, 1.82) is 0 Å². The average Bonchev–Trinajstić information content (AvgIpc) is 2.16. The lowest BCUT2D eigenvalue weighted by atomic mass is 9.71. The third-order valence-electron chi connectivity index (χ3n) is 3.19. The highest BCUT2D eigenvalue weighted by Gasteiger charge is 2.35. The highest BCUT2D eigenvalue weighted by molar-refractivity contribution is 5.82. The number of nitrogens with one attached hydrogen (secondary N) is 2. The molecule has 0 radical (unpaired) electrons. The zero-order valence-electron chi connectivity index (χ0n) is 9.28. The first kappa shape index (κ1) is 11.8. The van der Waals surface area contributed by atoms with Crippen molar-refractivity contribution in [2.75, 3.05) is 0 Å². The van der Waals surface area contributed by atoms with Gasteiger partial charge >= 0.3 is 12.0 Å². The number of aliphatic carboxylic acids is 1. The number of hydrogen-bond donors (Lipinski definition) is 3. The van der Waals surface area contributed by atoms with Gasteiger partial charge in [0, 0.05) is 6.04 Å². The average molecular weight is 214 g/mol. The number of amides is 2. The minimum absolute atomic E-state index is 0.181. The van der Waals surface area contributed by atoms with Gasteiger partial charge < -0.3 is 15.7 Å². The van der Waals surface area contributed by atoms with Crippen molar-refractivity contribution >= 4 is 12.0 Å². The summed E-state index contributed by atoms with van der Waals surface area (Å²) in [5.41, 5.74) is 0. The van der Waals surface area contributed by atoms with Gasteiger partial charge in [-0.25, -0.2) is 4.79 Å². The molecule has 2 amide bonds. The molecular weight excluding hydrogens is 196 g/mol. The zero-order chi connectivity index (χ0) is 11.6. The first-order valence-corrected chi connectivity index (χ1v) is 5.21. The van der Waals surface area contributed by atoms with E-state index in [1.807, 2.05) is 0 Å². The van der Waals surface area contributed by atoms with Crippen LogP contribution in [0.3, 0.4) is 0 Å². The maximum absolute atomic E-state index is 11.3. The first-order chi connectivity index (χ1) is 6.91. The van der Waals surface area contributed by atoms with E-state index in [2.05, 4.69) is 24.5 Å². The van der Waals surface area contributed by atoms with Crippen molar-refractivity contribution < 1.29 is 14.7 Å². The normalized spacial score (nSPS) is 31.3. The molecule has 86 valence electrons. The van der Waals surface area contributed by atoms with Gasteiger partial charge in [0.05, 0.1) is 0 Å². The molecule has 0 saturated heterocycles. The smallest absolute Gasteiger partial charge is 0.325 e. The van der Waals surface area contributed by atoms with Crippen LogP contribution in [0, 0.1) is 11.8 Å². The Bertz CT molecular complexity index is 267. The van der Waals surface area contributed by atoms with E-state index in [0.29, 0.717) is 11.8 Å². The topological polar surface area (TPSA) is 78.4 Å². The van der Waals surface area contributed by atoms with Crippen LogP contribution in [-0.4, -0.2) is 29.2 Å². The third-order valence-corrected chi connectivity index (χ3v) is 3.19. The summed E-state index contributed by atoms with van der Waals surface area (Å²) in [5.74, 6) is 0.0725. The van der Waals surface area contributed by atoms with Crippen LogP contribution in [0.5, 0.6) is 0 Å². The van der Waals surface area contributed by atoms with Gasteiger partial charge in [-0.05, 0) is 25.2 Å². The van der Waals surface area contributed by atoms with E-state index in [4.69, 9.17) is 5.11 Å². The van der Waals surface area contributed by atoms with Crippen LogP contribution in [0.2, 0.25) is 0 Å². The van der Waals surface area contributed by atoms with Crippen molar-refractivity contribution in [2.24, 2.45) is 11.8 Å². The maximum Gasteiger partial charge on any atom is 0.325 e. The number of urea groups is 1. The predicted octanol–water partition coefficient (Wildman–Crippen LogP) is 0.803. The van der Waals surface area contributed by atoms with Gasteiger partial charge in [0.25, 0.3) is 0 Å². The Morgan fingerprint density at radius 3 is 2.40 bits per heavy atom. The lowest BCUT2D eigenvalue weighted by Gasteiger charge is -2.41. The molecule has 3 N–H and O–H groups in total. The molecule has 1 fully saturated rings. The zero-order valence-corrected chi connectivity index (χ0v) is 9.28. The highest BCUT2D eigenvalue weighted by Crippen LogP contribution is 2.33. The van der Waals surface area contributed by atoms with Crippen molar-refractivity contribution in [3.05, 3.63) is 0 Å². The van der Waals surface area contributed by atoms with Crippen molar-refractivity contribution in [2.45, 2.75) is 39.3 Å². The minimum Gasteiger partial charge on any atom is -0.480 e. The van der Waals surface area contributed by atoms with Gasteiger partial charge in [0.2, 0.25) is 0 Å². The number of carboxylic acid groups (broad SMARTS) is 1. The summed E-state index contributed by atoms with van der Waals surface area (Å²) in [4.78, 5) is 21.8. The number of carboxylic acids is 1. The van der Waals surface area contributed by atoms with E-state index in [1.54, 1.807) is 0 Å². The lowest BCUT2D eigenvalue weighted by molar-refractivity contribution is -0.138. The van der Waals surface area contributed by atoms with Gasteiger partial charge in [-0.1, -0.05) is 13.8 Å². The summed E-state index contributed by atoms with van der Waals surface area (Å²) in [6.07, 6.45) is 0.968. The van der Waals surface area contributed by atoms with Crippen molar-refractivity contribution in [1.82, 2.24) is 10.6 Å².